The van der Waals surface area contributed by atoms with E-state index < -0.39 is 0 Å². The molecule has 1 aromatic heterocycles. The van der Waals surface area contributed by atoms with Gasteiger partial charge in [0.05, 0.1) is 17.1 Å². The van der Waals surface area contributed by atoms with E-state index in [0.29, 0.717) is 17.2 Å². The minimum absolute atomic E-state index is 0.257. The topological polar surface area (TPSA) is 69.7 Å². The molecule has 30 heavy (non-hydrogen) atoms. The van der Waals surface area contributed by atoms with Crippen molar-refractivity contribution in [3.05, 3.63) is 72.3 Å². The fourth-order valence-electron chi connectivity index (χ4n) is 3.44. The van der Waals surface area contributed by atoms with Crippen molar-refractivity contribution in [2.24, 2.45) is 0 Å². The lowest BCUT2D eigenvalue weighted by atomic mass is 10.2. The molecule has 0 bridgehead atoms. The SMILES string of the molecule is CNC(=O)c1cc(Oc2ccc3c(c2)N(C)C(Nc2ccccc2F)N3C)ccn1. The van der Waals surface area contributed by atoms with Crippen molar-refractivity contribution in [2.45, 2.75) is 6.29 Å². The van der Waals surface area contributed by atoms with Gasteiger partial charge in [-0.3, -0.25) is 9.78 Å². The molecular formula is C22H22FN5O2. The van der Waals surface area contributed by atoms with Gasteiger partial charge in [0.15, 0.2) is 6.29 Å². The van der Waals surface area contributed by atoms with Crippen LogP contribution in [0, 0.1) is 5.82 Å². The van der Waals surface area contributed by atoms with Gasteiger partial charge < -0.3 is 25.2 Å². The highest BCUT2D eigenvalue weighted by molar-refractivity contribution is 5.92. The number of rotatable bonds is 5. The molecule has 0 saturated carbocycles. The first kappa shape index (κ1) is 19.5. The average molecular weight is 407 g/mol. The van der Waals surface area contributed by atoms with Gasteiger partial charge in [-0.15, -0.1) is 0 Å². The molecule has 0 saturated heterocycles. The molecule has 8 heteroatoms. The second-order valence-electron chi connectivity index (χ2n) is 6.93. The number of hydrogen-bond acceptors (Lipinski definition) is 6. The van der Waals surface area contributed by atoms with E-state index in [2.05, 4.69) is 15.6 Å². The number of carbonyl (C=O) groups excluding carboxylic acids is 1. The van der Waals surface area contributed by atoms with Crippen LogP contribution in [-0.4, -0.2) is 38.3 Å². The zero-order valence-electron chi connectivity index (χ0n) is 16.9. The van der Waals surface area contributed by atoms with Crippen LogP contribution in [0.2, 0.25) is 0 Å². The summed E-state index contributed by atoms with van der Waals surface area (Å²) < 4.78 is 20.0. The van der Waals surface area contributed by atoms with Gasteiger partial charge in [-0.05, 0) is 30.3 Å². The average Bonchev–Trinajstić information content (AvgIpc) is 2.99. The van der Waals surface area contributed by atoms with Gasteiger partial charge in [0.2, 0.25) is 0 Å². The van der Waals surface area contributed by atoms with Gasteiger partial charge in [0, 0.05) is 39.5 Å². The Morgan fingerprint density at radius 1 is 1.03 bits per heavy atom. The highest BCUT2D eigenvalue weighted by atomic mass is 19.1. The fourth-order valence-corrected chi connectivity index (χ4v) is 3.44. The molecule has 1 aliphatic rings. The zero-order valence-corrected chi connectivity index (χ0v) is 16.9. The zero-order chi connectivity index (χ0) is 21.3. The van der Waals surface area contributed by atoms with Crippen LogP contribution in [0.5, 0.6) is 11.5 Å². The van der Waals surface area contributed by atoms with Crippen molar-refractivity contribution in [3.8, 4) is 11.5 Å². The number of anilines is 3. The normalized spacial score (nSPS) is 15.0. The van der Waals surface area contributed by atoms with E-state index >= 15 is 0 Å². The Morgan fingerprint density at radius 2 is 1.77 bits per heavy atom. The number of ether oxygens (including phenoxy) is 1. The van der Waals surface area contributed by atoms with Crippen LogP contribution in [0.15, 0.2) is 60.8 Å². The van der Waals surface area contributed by atoms with Gasteiger partial charge in [-0.1, -0.05) is 12.1 Å². The monoisotopic (exact) mass is 407 g/mol. The Kier molecular flexibility index (Phi) is 5.14. The van der Waals surface area contributed by atoms with Crippen LogP contribution >= 0.6 is 0 Å². The quantitative estimate of drug-likeness (QED) is 0.673. The van der Waals surface area contributed by atoms with Crippen LogP contribution in [0.3, 0.4) is 0 Å². The highest BCUT2D eigenvalue weighted by Crippen LogP contribution is 2.41. The fraction of sp³-hybridized carbons (Fsp3) is 0.182. The van der Waals surface area contributed by atoms with E-state index in [4.69, 9.17) is 4.74 Å². The molecule has 4 rings (SSSR count). The third-order valence-corrected chi connectivity index (χ3v) is 5.03. The highest BCUT2D eigenvalue weighted by Gasteiger charge is 2.32. The van der Waals surface area contributed by atoms with Crippen LogP contribution < -0.4 is 25.2 Å². The molecule has 0 radical (unpaired) electrons. The second kappa shape index (κ2) is 7.90. The first-order chi connectivity index (χ1) is 14.5. The summed E-state index contributed by atoms with van der Waals surface area (Å²) in [6.07, 6.45) is 1.27. The lowest BCUT2D eigenvalue weighted by Gasteiger charge is -2.29. The number of pyridine rings is 1. The lowest BCUT2D eigenvalue weighted by Crippen LogP contribution is -2.45. The summed E-state index contributed by atoms with van der Waals surface area (Å²) >= 11 is 0. The van der Waals surface area contributed by atoms with E-state index in [0.717, 1.165) is 11.4 Å². The van der Waals surface area contributed by atoms with E-state index in [-0.39, 0.29) is 23.7 Å². The number of fused-ring (bicyclic) bond motifs is 1. The van der Waals surface area contributed by atoms with E-state index in [9.17, 15) is 9.18 Å². The van der Waals surface area contributed by atoms with Crippen LogP contribution in [0.4, 0.5) is 21.5 Å². The molecule has 154 valence electrons. The number of carbonyl (C=O) groups is 1. The molecule has 0 fully saturated rings. The van der Waals surface area contributed by atoms with Crippen molar-refractivity contribution in [3.63, 3.8) is 0 Å². The summed E-state index contributed by atoms with van der Waals surface area (Å²) in [6, 6.07) is 15.6. The molecule has 1 unspecified atom stereocenters. The second-order valence-corrected chi connectivity index (χ2v) is 6.93. The summed E-state index contributed by atoms with van der Waals surface area (Å²) in [5.41, 5.74) is 2.63. The van der Waals surface area contributed by atoms with Crippen LogP contribution in [0.25, 0.3) is 0 Å². The Morgan fingerprint density at radius 3 is 2.53 bits per heavy atom. The van der Waals surface area contributed by atoms with Crippen molar-refractivity contribution in [2.75, 3.05) is 36.3 Å². The first-order valence-corrected chi connectivity index (χ1v) is 9.44. The Bertz CT molecular complexity index is 1090. The predicted octanol–water partition coefficient (Wildman–Crippen LogP) is 3.65. The summed E-state index contributed by atoms with van der Waals surface area (Å²) in [5, 5.41) is 5.78. The summed E-state index contributed by atoms with van der Waals surface area (Å²) in [5.74, 6) is 0.551. The number of nitrogens with zero attached hydrogens (tertiary/aromatic N) is 3. The van der Waals surface area contributed by atoms with Crippen molar-refractivity contribution >= 4 is 23.0 Å². The van der Waals surface area contributed by atoms with E-state index in [1.165, 1.54) is 12.3 Å². The number of hydrogen-bond donors (Lipinski definition) is 2. The molecule has 1 amide bonds. The Hall–Kier alpha value is -3.81. The van der Waals surface area contributed by atoms with Gasteiger partial charge in [0.25, 0.3) is 5.91 Å². The molecule has 1 aliphatic heterocycles. The Balaban J connectivity index is 1.56. The van der Waals surface area contributed by atoms with Gasteiger partial charge >= 0.3 is 0 Å². The maximum absolute atomic E-state index is 14.1. The number of amides is 1. The summed E-state index contributed by atoms with van der Waals surface area (Å²) in [4.78, 5) is 19.9. The molecule has 2 heterocycles. The number of aromatic nitrogens is 1. The summed E-state index contributed by atoms with van der Waals surface area (Å²) in [7, 11) is 5.43. The summed E-state index contributed by atoms with van der Waals surface area (Å²) in [6.45, 7) is 0. The number of benzene rings is 2. The van der Waals surface area contributed by atoms with Gasteiger partial charge in [0.1, 0.15) is 23.0 Å². The molecule has 1 atom stereocenters. The minimum atomic E-state index is -0.302. The third-order valence-electron chi connectivity index (χ3n) is 5.03. The maximum Gasteiger partial charge on any atom is 0.269 e. The molecule has 2 aromatic carbocycles. The first-order valence-electron chi connectivity index (χ1n) is 9.44. The molecule has 7 nitrogen and oxygen atoms in total. The molecule has 2 N–H and O–H groups in total. The third kappa shape index (κ3) is 3.59. The molecule has 0 aliphatic carbocycles. The number of halogens is 1. The van der Waals surface area contributed by atoms with Crippen molar-refractivity contribution in [1.29, 1.82) is 0 Å². The van der Waals surface area contributed by atoms with Crippen molar-refractivity contribution < 1.29 is 13.9 Å². The Labute approximate surface area is 174 Å². The standard InChI is InChI=1S/C22H22FN5O2/c1-24-21(29)18-12-15(10-11-25-18)30-14-8-9-19-20(13-14)28(3)22(27(19)2)26-17-7-5-4-6-16(17)23/h4-13,22,26H,1-3H3,(H,24,29). The predicted molar refractivity (Wildman–Crippen MR) is 115 cm³/mol. The molecule has 0 spiro atoms. The molecular weight excluding hydrogens is 385 g/mol. The van der Waals surface area contributed by atoms with Gasteiger partial charge in [-0.25, -0.2) is 4.39 Å². The molecule has 3 aromatic rings. The number of para-hydroxylation sites is 1. The van der Waals surface area contributed by atoms with Crippen LogP contribution in [-0.2, 0) is 0 Å². The van der Waals surface area contributed by atoms with Crippen LogP contribution in [0.1, 0.15) is 10.5 Å². The largest absolute Gasteiger partial charge is 0.457 e. The van der Waals surface area contributed by atoms with Gasteiger partial charge in [-0.2, -0.15) is 0 Å². The van der Waals surface area contributed by atoms with E-state index in [1.54, 1.807) is 37.4 Å². The maximum atomic E-state index is 14.1. The lowest BCUT2D eigenvalue weighted by molar-refractivity contribution is 0.0958. The van der Waals surface area contributed by atoms with Crippen molar-refractivity contribution in [1.82, 2.24) is 10.3 Å². The number of nitrogens with one attached hydrogen (secondary N) is 2. The van der Waals surface area contributed by atoms with E-state index in [1.807, 2.05) is 42.1 Å². The smallest absolute Gasteiger partial charge is 0.269 e. The minimum Gasteiger partial charge on any atom is -0.457 e.